The molecule has 0 spiro atoms. The lowest BCUT2D eigenvalue weighted by Crippen LogP contribution is -2.52. The van der Waals surface area contributed by atoms with Crippen LogP contribution in [0.15, 0.2) is 42.7 Å². The standard InChI is InChI=1S/C24H30N6OS/c1-18-7-8-19(2)21(16-18)27-12-14-28(15-13-27)22(31)20-6-5-11-30(17-20)24-26-25-23(32-24)29-9-3-4-10-29/h3-4,7-10,16,20H,5-6,11-15,17H2,1-2H3/t20-/m0/s1. The van der Waals surface area contributed by atoms with Crippen molar-refractivity contribution < 1.29 is 4.79 Å². The molecule has 2 aromatic heterocycles. The minimum Gasteiger partial charge on any atom is -0.368 e. The van der Waals surface area contributed by atoms with E-state index < -0.39 is 0 Å². The molecule has 8 heteroatoms. The lowest BCUT2D eigenvalue weighted by Gasteiger charge is -2.40. The molecule has 0 aliphatic carbocycles. The maximum Gasteiger partial charge on any atom is 0.227 e. The lowest BCUT2D eigenvalue weighted by molar-refractivity contribution is -0.136. The van der Waals surface area contributed by atoms with Crippen LogP contribution in [0.1, 0.15) is 24.0 Å². The Hall–Kier alpha value is -2.87. The Kier molecular flexibility index (Phi) is 5.87. The van der Waals surface area contributed by atoms with Gasteiger partial charge < -0.3 is 14.7 Å². The van der Waals surface area contributed by atoms with Crippen LogP contribution in [0.4, 0.5) is 10.8 Å². The quantitative estimate of drug-likeness (QED) is 0.609. The number of nitrogens with zero attached hydrogens (tertiary/aromatic N) is 6. The maximum absolute atomic E-state index is 13.3. The average Bonchev–Trinajstić information content (AvgIpc) is 3.53. The van der Waals surface area contributed by atoms with Crippen LogP contribution >= 0.6 is 11.3 Å². The van der Waals surface area contributed by atoms with Gasteiger partial charge in [0.05, 0.1) is 5.92 Å². The number of aromatic nitrogens is 3. The zero-order valence-electron chi connectivity index (χ0n) is 18.8. The van der Waals surface area contributed by atoms with Gasteiger partial charge in [0.15, 0.2) is 0 Å². The van der Waals surface area contributed by atoms with Gasteiger partial charge >= 0.3 is 0 Å². The second kappa shape index (κ2) is 8.94. The van der Waals surface area contributed by atoms with Gasteiger partial charge in [-0.25, -0.2) is 0 Å². The highest BCUT2D eigenvalue weighted by molar-refractivity contribution is 7.17. The van der Waals surface area contributed by atoms with Gasteiger partial charge in [-0.1, -0.05) is 23.5 Å². The van der Waals surface area contributed by atoms with E-state index in [1.54, 1.807) is 11.3 Å². The average molecular weight is 451 g/mol. The summed E-state index contributed by atoms with van der Waals surface area (Å²) in [7, 11) is 0. The molecule has 2 fully saturated rings. The van der Waals surface area contributed by atoms with Gasteiger partial charge in [0.1, 0.15) is 0 Å². The molecule has 2 saturated heterocycles. The first kappa shape index (κ1) is 21.0. The number of benzene rings is 1. The van der Waals surface area contributed by atoms with Gasteiger partial charge in [-0.05, 0) is 56.0 Å². The van der Waals surface area contributed by atoms with Crippen LogP contribution in [-0.4, -0.2) is 64.8 Å². The van der Waals surface area contributed by atoms with Crippen LogP contribution in [-0.2, 0) is 4.79 Å². The molecule has 0 unspecified atom stereocenters. The highest BCUT2D eigenvalue weighted by Crippen LogP contribution is 2.29. The van der Waals surface area contributed by atoms with E-state index in [1.165, 1.54) is 16.8 Å². The van der Waals surface area contributed by atoms with Gasteiger partial charge in [-0.2, -0.15) is 0 Å². The summed E-state index contributed by atoms with van der Waals surface area (Å²) in [6.45, 7) is 9.33. The summed E-state index contributed by atoms with van der Waals surface area (Å²) in [4.78, 5) is 20.1. The van der Waals surface area contributed by atoms with Crippen molar-refractivity contribution in [3.05, 3.63) is 53.9 Å². The molecule has 0 saturated carbocycles. The molecule has 1 atom stereocenters. The molecular formula is C24H30N6OS. The smallest absolute Gasteiger partial charge is 0.227 e. The SMILES string of the molecule is Cc1ccc(C)c(N2CCN(C(=O)[C@H]3CCCN(c4nnc(-n5cccc5)s4)C3)CC2)c1. The minimum atomic E-state index is 0.0370. The van der Waals surface area contributed by atoms with E-state index in [1.807, 2.05) is 29.1 Å². The predicted octanol–water partition coefficient (Wildman–Crippen LogP) is 3.51. The molecule has 7 nitrogen and oxygen atoms in total. The van der Waals surface area contributed by atoms with Crippen LogP contribution in [0.3, 0.4) is 0 Å². The van der Waals surface area contributed by atoms with Gasteiger partial charge in [-0.15, -0.1) is 10.2 Å². The maximum atomic E-state index is 13.3. The van der Waals surface area contributed by atoms with Crippen LogP contribution in [0.5, 0.6) is 0 Å². The summed E-state index contributed by atoms with van der Waals surface area (Å²) < 4.78 is 1.98. The van der Waals surface area contributed by atoms with Gasteiger partial charge in [-0.3, -0.25) is 9.36 Å². The van der Waals surface area contributed by atoms with E-state index in [4.69, 9.17) is 0 Å². The van der Waals surface area contributed by atoms with Crippen LogP contribution in [0.25, 0.3) is 5.13 Å². The molecule has 0 N–H and O–H groups in total. The largest absolute Gasteiger partial charge is 0.368 e. The van der Waals surface area contributed by atoms with Crippen molar-refractivity contribution in [2.24, 2.45) is 5.92 Å². The third kappa shape index (κ3) is 4.24. The third-order valence-electron chi connectivity index (χ3n) is 6.57. The van der Waals surface area contributed by atoms with E-state index in [0.29, 0.717) is 5.91 Å². The van der Waals surface area contributed by atoms with Gasteiger partial charge in [0.25, 0.3) is 0 Å². The Morgan fingerprint density at radius 1 is 0.969 bits per heavy atom. The first-order valence-electron chi connectivity index (χ1n) is 11.4. The molecule has 2 aliphatic rings. The summed E-state index contributed by atoms with van der Waals surface area (Å²) >= 11 is 1.58. The van der Waals surface area contributed by atoms with Crippen LogP contribution in [0, 0.1) is 19.8 Å². The Morgan fingerprint density at radius 3 is 2.50 bits per heavy atom. The number of hydrogen-bond acceptors (Lipinski definition) is 6. The number of hydrogen-bond donors (Lipinski definition) is 0. The minimum absolute atomic E-state index is 0.0370. The fourth-order valence-electron chi connectivity index (χ4n) is 4.74. The third-order valence-corrected chi connectivity index (χ3v) is 7.56. The summed E-state index contributed by atoms with van der Waals surface area (Å²) in [6.07, 6.45) is 5.92. The molecule has 0 radical (unpaired) electrons. The van der Waals surface area contributed by atoms with E-state index in [0.717, 1.165) is 62.4 Å². The number of rotatable bonds is 4. The first-order valence-corrected chi connectivity index (χ1v) is 12.2. The Morgan fingerprint density at radius 2 is 1.72 bits per heavy atom. The van der Waals surface area contributed by atoms with Crippen molar-refractivity contribution in [3.63, 3.8) is 0 Å². The molecule has 1 aromatic carbocycles. The monoisotopic (exact) mass is 450 g/mol. The Labute approximate surface area is 193 Å². The molecule has 2 aliphatic heterocycles. The van der Waals surface area contributed by atoms with E-state index >= 15 is 0 Å². The molecule has 168 valence electrons. The fourth-order valence-corrected chi connectivity index (χ4v) is 5.59. The van der Waals surface area contributed by atoms with Crippen LogP contribution in [0.2, 0.25) is 0 Å². The summed E-state index contributed by atoms with van der Waals surface area (Å²) in [5.41, 5.74) is 3.88. The van der Waals surface area contributed by atoms with Crippen molar-refractivity contribution in [2.75, 3.05) is 49.1 Å². The second-order valence-electron chi connectivity index (χ2n) is 8.84. The van der Waals surface area contributed by atoms with Crippen molar-refractivity contribution in [1.29, 1.82) is 0 Å². The number of aryl methyl sites for hydroxylation is 2. The van der Waals surface area contributed by atoms with Crippen molar-refractivity contribution >= 4 is 28.1 Å². The molecular weight excluding hydrogens is 420 g/mol. The normalized spacial score (nSPS) is 19.4. The van der Waals surface area contributed by atoms with Gasteiger partial charge in [0.2, 0.25) is 16.2 Å². The lowest BCUT2D eigenvalue weighted by atomic mass is 9.96. The number of carbonyl (C=O) groups is 1. The number of piperidine rings is 1. The zero-order valence-corrected chi connectivity index (χ0v) is 19.6. The highest BCUT2D eigenvalue weighted by atomic mass is 32.1. The van der Waals surface area contributed by atoms with E-state index in [-0.39, 0.29) is 5.92 Å². The molecule has 3 aromatic rings. The number of amides is 1. The number of piperazine rings is 1. The molecule has 4 heterocycles. The zero-order chi connectivity index (χ0) is 22.1. The van der Waals surface area contributed by atoms with Crippen molar-refractivity contribution in [3.8, 4) is 5.13 Å². The molecule has 0 bridgehead atoms. The predicted molar refractivity (Wildman–Crippen MR) is 129 cm³/mol. The summed E-state index contributed by atoms with van der Waals surface area (Å²) in [5, 5.41) is 10.5. The Balaban J connectivity index is 1.20. The topological polar surface area (TPSA) is 57.5 Å². The summed E-state index contributed by atoms with van der Waals surface area (Å²) in [6, 6.07) is 10.6. The first-order chi connectivity index (χ1) is 15.6. The highest BCUT2D eigenvalue weighted by Gasteiger charge is 2.32. The number of anilines is 2. The number of carbonyl (C=O) groups excluding carboxylic acids is 1. The molecule has 5 rings (SSSR count). The van der Waals surface area contributed by atoms with Crippen molar-refractivity contribution in [2.45, 2.75) is 26.7 Å². The molecule has 32 heavy (non-hydrogen) atoms. The molecule has 1 amide bonds. The fraction of sp³-hybridized carbons (Fsp3) is 0.458. The summed E-state index contributed by atoms with van der Waals surface area (Å²) in [5.74, 6) is 0.334. The Bertz CT molecular complexity index is 1070. The van der Waals surface area contributed by atoms with Gasteiger partial charge in [0, 0.05) is 57.3 Å². The van der Waals surface area contributed by atoms with E-state index in [9.17, 15) is 4.79 Å². The van der Waals surface area contributed by atoms with Crippen molar-refractivity contribution in [1.82, 2.24) is 19.7 Å². The second-order valence-corrected chi connectivity index (χ2v) is 9.78. The van der Waals surface area contributed by atoms with Crippen LogP contribution < -0.4 is 9.80 Å². The van der Waals surface area contributed by atoms with E-state index in [2.05, 4.69) is 56.9 Å².